The number of amides is 1. The van der Waals surface area contributed by atoms with Crippen molar-refractivity contribution in [1.29, 1.82) is 0 Å². The first-order chi connectivity index (χ1) is 7.59. The quantitative estimate of drug-likeness (QED) is 0.625. The number of carbonyl (C=O) groups excluding carboxylic acids is 1. The summed E-state index contributed by atoms with van der Waals surface area (Å²) in [5.74, 6) is -0.109. The highest BCUT2D eigenvalue weighted by Gasteiger charge is 2.10. The highest BCUT2D eigenvalue weighted by atomic mass is 16.3. The molecule has 4 N–H and O–H groups in total. The molecule has 5 heteroatoms. The fourth-order valence-electron chi connectivity index (χ4n) is 1.15. The van der Waals surface area contributed by atoms with Crippen molar-refractivity contribution >= 4 is 5.91 Å². The first kappa shape index (κ1) is 12.6. The molecule has 1 heterocycles. The van der Waals surface area contributed by atoms with E-state index < -0.39 is 12.1 Å². The van der Waals surface area contributed by atoms with Gasteiger partial charge in [0.05, 0.1) is 12.5 Å². The normalized spacial score (nSPS) is 14.2. The summed E-state index contributed by atoms with van der Waals surface area (Å²) in [6.07, 6.45) is 2.96. The number of nitrogens with zero attached hydrogens (tertiary/aromatic N) is 1. The number of aliphatic hydroxyl groups is 1. The van der Waals surface area contributed by atoms with E-state index in [9.17, 15) is 4.79 Å². The van der Waals surface area contributed by atoms with Crippen molar-refractivity contribution in [3.8, 4) is 0 Å². The molecule has 2 atom stereocenters. The first-order valence-electron chi connectivity index (χ1n) is 5.19. The zero-order valence-electron chi connectivity index (χ0n) is 9.26. The molecule has 1 amide bonds. The lowest BCUT2D eigenvalue weighted by atomic mass is 10.1. The molecule has 1 aromatic rings. The Morgan fingerprint density at radius 2 is 2.19 bits per heavy atom. The Balaban J connectivity index is 2.32. The SMILES string of the molecule is CC(O)C(N)CNC(=O)Cc1ccncc1. The van der Waals surface area contributed by atoms with Crippen LogP contribution in [0.15, 0.2) is 24.5 Å². The standard InChI is InChI=1S/C11H17N3O2/c1-8(15)10(12)7-14-11(16)6-9-2-4-13-5-3-9/h2-5,8,10,15H,6-7,12H2,1H3,(H,14,16). The zero-order valence-corrected chi connectivity index (χ0v) is 9.26. The smallest absolute Gasteiger partial charge is 0.224 e. The number of aliphatic hydroxyl groups excluding tert-OH is 1. The Morgan fingerprint density at radius 1 is 1.56 bits per heavy atom. The van der Waals surface area contributed by atoms with Gasteiger partial charge in [0, 0.05) is 25.0 Å². The summed E-state index contributed by atoms with van der Waals surface area (Å²) in [6, 6.07) is 3.14. The van der Waals surface area contributed by atoms with E-state index in [4.69, 9.17) is 10.8 Å². The van der Waals surface area contributed by atoms with Crippen LogP contribution in [0.25, 0.3) is 0 Å². The second-order valence-electron chi connectivity index (χ2n) is 3.74. The lowest BCUT2D eigenvalue weighted by Crippen LogP contribution is -2.44. The van der Waals surface area contributed by atoms with Gasteiger partial charge in [-0.05, 0) is 24.6 Å². The minimum atomic E-state index is -0.624. The van der Waals surface area contributed by atoms with Crippen LogP contribution in [-0.4, -0.2) is 34.7 Å². The van der Waals surface area contributed by atoms with E-state index in [0.717, 1.165) is 5.56 Å². The second-order valence-corrected chi connectivity index (χ2v) is 3.74. The van der Waals surface area contributed by atoms with Gasteiger partial charge in [0.2, 0.25) is 5.91 Å². The summed E-state index contributed by atoms with van der Waals surface area (Å²) >= 11 is 0. The molecule has 1 rings (SSSR count). The van der Waals surface area contributed by atoms with Gasteiger partial charge >= 0.3 is 0 Å². The van der Waals surface area contributed by atoms with Gasteiger partial charge < -0.3 is 16.2 Å². The number of aromatic nitrogens is 1. The molecule has 5 nitrogen and oxygen atoms in total. The molecule has 0 aliphatic heterocycles. The summed E-state index contributed by atoms with van der Waals surface area (Å²) in [5.41, 5.74) is 6.48. The third-order valence-corrected chi connectivity index (χ3v) is 2.27. The van der Waals surface area contributed by atoms with Crippen molar-refractivity contribution in [2.75, 3.05) is 6.54 Å². The van der Waals surface area contributed by atoms with Gasteiger partial charge in [-0.1, -0.05) is 0 Å². The van der Waals surface area contributed by atoms with E-state index in [1.165, 1.54) is 0 Å². The summed E-state index contributed by atoms with van der Waals surface area (Å²) < 4.78 is 0. The van der Waals surface area contributed by atoms with Crippen molar-refractivity contribution < 1.29 is 9.90 Å². The van der Waals surface area contributed by atoms with Crippen LogP contribution in [-0.2, 0) is 11.2 Å². The van der Waals surface area contributed by atoms with Crippen molar-refractivity contribution in [2.45, 2.75) is 25.5 Å². The van der Waals surface area contributed by atoms with Crippen LogP contribution < -0.4 is 11.1 Å². The van der Waals surface area contributed by atoms with Crippen LogP contribution in [0.2, 0.25) is 0 Å². The third kappa shape index (κ3) is 4.37. The Morgan fingerprint density at radius 3 is 2.75 bits per heavy atom. The van der Waals surface area contributed by atoms with Gasteiger partial charge in [-0.2, -0.15) is 0 Å². The van der Waals surface area contributed by atoms with E-state index in [1.807, 2.05) is 0 Å². The number of nitrogens with two attached hydrogens (primary N) is 1. The minimum absolute atomic E-state index is 0.109. The molecule has 0 aromatic carbocycles. The van der Waals surface area contributed by atoms with Gasteiger partial charge in [-0.3, -0.25) is 9.78 Å². The highest BCUT2D eigenvalue weighted by Crippen LogP contribution is 1.97. The maximum Gasteiger partial charge on any atom is 0.224 e. The van der Waals surface area contributed by atoms with E-state index in [0.29, 0.717) is 6.42 Å². The summed E-state index contributed by atoms with van der Waals surface area (Å²) in [4.78, 5) is 15.3. The van der Waals surface area contributed by atoms with Crippen molar-refractivity contribution in [2.24, 2.45) is 5.73 Å². The Hall–Kier alpha value is -1.46. The molecule has 0 aliphatic carbocycles. The molecular formula is C11H17N3O2. The monoisotopic (exact) mass is 223 g/mol. The molecule has 0 saturated carbocycles. The van der Waals surface area contributed by atoms with Crippen molar-refractivity contribution in [1.82, 2.24) is 10.3 Å². The number of rotatable bonds is 5. The Kier molecular flexibility index (Phi) is 4.88. The molecule has 88 valence electrons. The van der Waals surface area contributed by atoms with Gasteiger partial charge in [0.15, 0.2) is 0 Å². The second kappa shape index (κ2) is 6.19. The lowest BCUT2D eigenvalue weighted by molar-refractivity contribution is -0.120. The topological polar surface area (TPSA) is 88.2 Å². The van der Waals surface area contributed by atoms with E-state index in [-0.39, 0.29) is 12.5 Å². The van der Waals surface area contributed by atoms with Crippen LogP contribution in [0.5, 0.6) is 0 Å². The fourth-order valence-corrected chi connectivity index (χ4v) is 1.15. The molecule has 0 saturated heterocycles. The molecular weight excluding hydrogens is 206 g/mol. The Labute approximate surface area is 94.7 Å². The van der Waals surface area contributed by atoms with Gasteiger partial charge in [0.25, 0.3) is 0 Å². The number of pyridine rings is 1. The number of nitrogens with one attached hydrogen (secondary N) is 1. The van der Waals surface area contributed by atoms with E-state index in [2.05, 4.69) is 10.3 Å². The summed E-state index contributed by atoms with van der Waals surface area (Å²) in [6.45, 7) is 1.88. The van der Waals surface area contributed by atoms with Gasteiger partial charge in [-0.25, -0.2) is 0 Å². The number of hydrogen-bond donors (Lipinski definition) is 3. The fraction of sp³-hybridized carbons (Fsp3) is 0.455. The minimum Gasteiger partial charge on any atom is -0.392 e. The number of hydrogen-bond acceptors (Lipinski definition) is 4. The Bertz CT molecular complexity index is 327. The van der Waals surface area contributed by atoms with E-state index >= 15 is 0 Å². The summed E-state index contributed by atoms with van der Waals surface area (Å²) in [7, 11) is 0. The molecule has 2 unspecified atom stereocenters. The van der Waals surface area contributed by atoms with Crippen molar-refractivity contribution in [3.05, 3.63) is 30.1 Å². The molecule has 0 spiro atoms. The van der Waals surface area contributed by atoms with E-state index in [1.54, 1.807) is 31.5 Å². The van der Waals surface area contributed by atoms with Crippen LogP contribution in [0.3, 0.4) is 0 Å². The highest BCUT2D eigenvalue weighted by molar-refractivity contribution is 5.78. The molecule has 1 aromatic heterocycles. The van der Waals surface area contributed by atoms with Gasteiger partial charge in [-0.15, -0.1) is 0 Å². The molecule has 0 fully saturated rings. The van der Waals surface area contributed by atoms with Crippen LogP contribution in [0.1, 0.15) is 12.5 Å². The van der Waals surface area contributed by atoms with Crippen LogP contribution >= 0.6 is 0 Å². The lowest BCUT2D eigenvalue weighted by Gasteiger charge is -2.15. The predicted molar refractivity (Wildman–Crippen MR) is 60.6 cm³/mol. The summed E-state index contributed by atoms with van der Waals surface area (Å²) in [5, 5.41) is 11.8. The maximum absolute atomic E-state index is 11.5. The molecule has 0 radical (unpaired) electrons. The van der Waals surface area contributed by atoms with Crippen LogP contribution in [0, 0.1) is 0 Å². The first-order valence-corrected chi connectivity index (χ1v) is 5.19. The van der Waals surface area contributed by atoms with Crippen molar-refractivity contribution in [3.63, 3.8) is 0 Å². The van der Waals surface area contributed by atoms with Crippen LogP contribution in [0.4, 0.5) is 0 Å². The molecule has 0 bridgehead atoms. The molecule has 0 aliphatic rings. The predicted octanol–water partition coefficient (Wildman–Crippen LogP) is -0.552. The largest absolute Gasteiger partial charge is 0.392 e. The zero-order chi connectivity index (χ0) is 12.0. The molecule has 16 heavy (non-hydrogen) atoms. The van der Waals surface area contributed by atoms with Gasteiger partial charge in [0.1, 0.15) is 0 Å². The maximum atomic E-state index is 11.5. The average molecular weight is 223 g/mol. The third-order valence-electron chi connectivity index (χ3n) is 2.27. The number of carbonyl (C=O) groups is 1. The average Bonchev–Trinajstić information content (AvgIpc) is 2.27.